The second-order valence-electron chi connectivity index (χ2n) is 4.82. The molecule has 0 fully saturated rings. The molecule has 0 aromatic heterocycles. The molecule has 0 amide bonds. The summed E-state index contributed by atoms with van der Waals surface area (Å²) >= 11 is 0. The van der Waals surface area contributed by atoms with Crippen LogP contribution in [0, 0.1) is 6.92 Å². The van der Waals surface area contributed by atoms with Crippen LogP contribution in [-0.2, 0) is 0 Å². The average Bonchev–Trinajstić information content (AvgIpc) is 2.46. The predicted molar refractivity (Wildman–Crippen MR) is 81.2 cm³/mol. The van der Waals surface area contributed by atoms with E-state index in [9.17, 15) is 9.90 Å². The molecule has 0 heterocycles. The van der Waals surface area contributed by atoms with Crippen LogP contribution in [0.4, 0.5) is 5.69 Å². The van der Waals surface area contributed by atoms with Crippen LogP contribution < -0.4 is 5.32 Å². The summed E-state index contributed by atoms with van der Waals surface area (Å²) in [6, 6.07) is 15.5. The normalized spacial score (nSPS) is 11.9. The fourth-order valence-electron chi connectivity index (χ4n) is 2.32. The third-order valence-corrected chi connectivity index (χ3v) is 3.43. The Bertz CT molecular complexity index is 593. The fraction of sp³-hybridized carbons (Fsp3) is 0.235. The van der Waals surface area contributed by atoms with Crippen molar-refractivity contribution in [2.75, 3.05) is 5.32 Å². The Balaban J connectivity index is 2.35. The number of benzene rings is 2. The van der Waals surface area contributed by atoms with Gasteiger partial charge < -0.3 is 10.4 Å². The quantitative estimate of drug-likeness (QED) is 0.852. The molecule has 0 saturated heterocycles. The van der Waals surface area contributed by atoms with E-state index in [1.807, 2.05) is 31.2 Å². The van der Waals surface area contributed by atoms with E-state index in [1.54, 1.807) is 12.1 Å². The first-order chi connectivity index (χ1) is 9.63. The number of aryl methyl sites for hydroxylation is 1. The Morgan fingerprint density at radius 1 is 1.15 bits per heavy atom. The van der Waals surface area contributed by atoms with Crippen LogP contribution in [0.1, 0.15) is 40.9 Å². The van der Waals surface area contributed by atoms with Gasteiger partial charge in [0.05, 0.1) is 17.3 Å². The number of aromatic carboxylic acids is 1. The van der Waals surface area contributed by atoms with Crippen LogP contribution in [0.2, 0.25) is 0 Å². The number of anilines is 1. The summed E-state index contributed by atoms with van der Waals surface area (Å²) in [5.74, 6) is -0.904. The fourth-order valence-corrected chi connectivity index (χ4v) is 2.32. The van der Waals surface area contributed by atoms with Crippen molar-refractivity contribution >= 4 is 11.7 Å². The van der Waals surface area contributed by atoms with Crippen molar-refractivity contribution in [1.82, 2.24) is 0 Å². The van der Waals surface area contributed by atoms with Crippen molar-refractivity contribution in [2.24, 2.45) is 0 Å². The summed E-state index contributed by atoms with van der Waals surface area (Å²) in [5.41, 5.74) is 3.13. The number of nitrogens with one attached hydrogen (secondary N) is 1. The van der Waals surface area contributed by atoms with Gasteiger partial charge in [0.2, 0.25) is 0 Å². The van der Waals surface area contributed by atoms with Crippen LogP contribution in [0.15, 0.2) is 48.5 Å². The molecule has 0 saturated carbocycles. The Morgan fingerprint density at radius 2 is 1.85 bits per heavy atom. The van der Waals surface area contributed by atoms with Crippen LogP contribution in [0.25, 0.3) is 0 Å². The molecule has 2 aromatic rings. The van der Waals surface area contributed by atoms with Crippen molar-refractivity contribution < 1.29 is 9.90 Å². The molecule has 0 bridgehead atoms. The van der Waals surface area contributed by atoms with Crippen molar-refractivity contribution in [3.63, 3.8) is 0 Å². The lowest BCUT2D eigenvalue weighted by Crippen LogP contribution is -2.14. The summed E-state index contributed by atoms with van der Waals surface area (Å²) in [5, 5.41) is 12.7. The van der Waals surface area contributed by atoms with Gasteiger partial charge in [0.25, 0.3) is 0 Å². The van der Waals surface area contributed by atoms with Gasteiger partial charge >= 0.3 is 5.97 Å². The molecule has 104 valence electrons. The zero-order valence-corrected chi connectivity index (χ0v) is 11.8. The highest BCUT2D eigenvalue weighted by molar-refractivity contribution is 5.95. The topological polar surface area (TPSA) is 49.3 Å². The van der Waals surface area contributed by atoms with Gasteiger partial charge in [-0.1, -0.05) is 49.4 Å². The van der Waals surface area contributed by atoms with Crippen molar-refractivity contribution in [3.8, 4) is 0 Å². The van der Waals surface area contributed by atoms with Crippen molar-refractivity contribution in [1.29, 1.82) is 0 Å². The number of hydrogen-bond donors (Lipinski definition) is 2. The lowest BCUT2D eigenvalue weighted by Gasteiger charge is -2.21. The first-order valence-corrected chi connectivity index (χ1v) is 6.78. The van der Waals surface area contributed by atoms with E-state index < -0.39 is 5.97 Å². The Kier molecular flexibility index (Phi) is 4.41. The highest BCUT2D eigenvalue weighted by Gasteiger charge is 2.16. The van der Waals surface area contributed by atoms with E-state index in [0.717, 1.165) is 17.5 Å². The minimum absolute atomic E-state index is 0.107. The van der Waals surface area contributed by atoms with Crippen LogP contribution in [-0.4, -0.2) is 11.1 Å². The molecule has 20 heavy (non-hydrogen) atoms. The van der Waals surface area contributed by atoms with E-state index in [4.69, 9.17) is 0 Å². The summed E-state index contributed by atoms with van der Waals surface area (Å²) in [6.07, 6.45) is 0.886. The molecule has 0 aliphatic rings. The van der Waals surface area contributed by atoms with Gasteiger partial charge in [0.15, 0.2) is 0 Å². The zero-order chi connectivity index (χ0) is 14.5. The van der Waals surface area contributed by atoms with Crippen LogP contribution in [0.5, 0.6) is 0 Å². The van der Waals surface area contributed by atoms with Gasteiger partial charge in [-0.3, -0.25) is 0 Å². The molecule has 0 spiro atoms. The van der Waals surface area contributed by atoms with Gasteiger partial charge in [0, 0.05) is 0 Å². The number of carboxylic acid groups (broad SMARTS) is 1. The first kappa shape index (κ1) is 14.1. The molecule has 0 aliphatic carbocycles. The maximum atomic E-state index is 11.3. The molecule has 1 atom stereocenters. The Hall–Kier alpha value is -2.29. The predicted octanol–water partition coefficient (Wildman–Crippen LogP) is 4.26. The van der Waals surface area contributed by atoms with Crippen LogP contribution >= 0.6 is 0 Å². The molecule has 1 unspecified atom stereocenters. The smallest absolute Gasteiger partial charge is 0.337 e. The van der Waals surface area contributed by atoms with Gasteiger partial charge in [0.1, 0.15) is 0 Å². The first-order valence-electron chi connectivity index (χ1n) is 6.78. The molecule has 0 radical (unpaired) electrons. The maximum absolute atomic E-state index is 11.3. The largest absolute Gasteiger partial charge is 0.478 e. The second-order valence-corrected chi connectivity index (χ2v) is 4.82. The summed E-state index contributed by atoms with van der Waals surface area (Å²) in [4.78, 5) is 11.3. The van der Waals surface area contributed by atoms with Gasteiger partial charge in [-0.05, 0) is 30.5 Å². The summed E-state index contributed by atoms with van der Waals surface area (Å²) < 4.78 is 0. The summed E-state index contributed by atoms with van der Waals surface area (Å²) in [6.45, 7) is 4.01. The van der Waals surface area contributed by atoms with E-state index in [1.165, 1.54) is 0 Å². The van der Waals surface area contributed by atoms with E-state index in [2.05, 4.69) is 24.4 Å². The Labute approximate surface area is 119 Å². The third kappa shape index (κ3) is 2.99. The lowest BCUT2D eigenvalue weighted by atomic mass is 10.0. The van der Waals surface area contributed by atoms with E-state index in [-0.39, 0.29) is 6.04 Å². The number of carbonyl (C=O) groups is 1. The van der Waals surface area contributed by atoms with Crippen LogP contribution in [0.3, 0.4) is 0 Å². The monoisotopic (exact) mass is 269 g/mol. The number of carboxylic acids is 1. The zero-order valence-electron chi connectivity index (χ0n) is 11.8. The molecule has 3 heteroatoms. The average molecular weight is 269 g/mol. The number of rotatable bonds is 5. The van der Waals surface area contributed by atoms with Gasteiger partial charge in [-0.15, -0.1) is 0 Å². The Morgan fingerprint density at radius 3 is 2.45 bits per heavy atom. The summed E-state index contributed by atoms with van der Waals surface area (Å²) in [7, 11) is 0. The molecule has 3 nitrogen and oxygen atoms in total. The highest BCUT2D eigenvalue weighted by atomic mass is 16.4. The molecule has 2 N–H and O–H groups in total. The lowest BCUT2D eigenvalue weighted by molar-refractivity contribution is 0.0698. The molecular formula is C17H19NO2. The second kappa shape index (κ2) is 6.24. The number of para-hydroxylation sites is 1. The third-order valence-electron chi connectivity index (χ3n) is 3.43. The van der Waals surface area contributed by atoms with E-state index in [0.29, 0.717) is 11.3 Å². The molecule has 2 aromatic carbocycles. The highest BCUT2D eigenvalue weighted by Crippen LogP contribution is 2.27. The van der Waals surface area contributed by atoms with Crippen molar-refractivity contribution in [2.45, 2.75) is 26.3 Å². The SMILES string of the molecule is CCC(Nc1c(C)cccc1C(=O)O)c1ccccc1. The number of hydrogen-bond acceptors (Lipinski definition) is 2. The minimum Gasteiger partial charge on any atom is -0.478 e. The molecular weight excluding hydrogens is 250 g/mol. The van der Waals surface area contributed by atoms with Gasteiger partial charge in [-0.25, -0.2) is 4.79 Å². The van der Waals surface area contributed by atoms with E-state index >= 15 is 0 Å². The van der Waals surface area contributed by atoms with Gasteiger partial charge in [-0.2, -0.15) is 0 Å². The maximum Gasteiger partial charge on any atom is 0.337 e. The molecule has 2 rings (SSSR count). The standard InChI is InChI=1S/C17H19NO2/c1-3-15(13-9-5-4-6-10-13)18-16-12(2)8-7-11-14(16)17(19)20/h4-11,15,18H,3H2,1-2H3,(H,19,20). The minimum atomic E-state index is -0.904. The van der Waals surface area contributed by atoms with Crippen molar-refractivity contribution in [3.05, 3.63) is 65.2 Å². The molecule has 0 aliphatic heterocycles.